The van der Waals surface area contributed by atoms with Gasteiger partial charge in [0.2, 0.25) is 0 Å². The lowest BCUT2D eigenvalue weighted by Crippen LogP contribution is -2.25. The maximum Gasteiger partial charge on any atom is 0.308 e. The normalized spacial score (nSPS) is 10.2. The topological polar surface area (TPSA) is 49.8 Å². The number of benzene rings is 2. The molecule has 110 valence electrons. The SMILES string of the molecule is CC(=O)Oc1ccc(CN(CCO)c2ccccc2)cc1. The molecule has 2 aromatic carbocycles. The minimum absolute atomic E-state index is 0.0976. The van der Waals surface area contributed by atoms with Gasteiger partial charge in [0.25, 0.3) is 0 Å². The van der Waals surface area contributed by atoms with Crippen LogP contribution in [0.5, 0.6) is 5.75 Å². The second-order valence-corrected chi connectivity index (χ2v) is 4.72. The summed E-state index contributed by atoms with van der Waals surface area (Å²) in [6.07, 6.45) is 0. The quantitative estimate of drug-likeness (QED) is 0.655. The maximum atomic E-state index is 10.9. The number of carbonyl (C=O) groups excluding carboxylic acids is 1. The van der Waals surface area contributed by atoms with E-state index in [1.165, 1.54) is 6.92 Å². The summed E-state index contributed by atoms with van der Waals surface area (Å²) in [7, 11) is 0. The number of para-hydroxylation sites is 1. The van der Waals surface area contributed by atoms with Gasteiger partial charge in [-0.05, 0) is 29.8 Å². The summed E-state index contributed by atoms with van der Waals surface area (Å²) in [5.74, 6) is 0.216. The molecule has 0 unspecified atom stereocenters. The molecule has 0 bridgehead atoms. The molecular formula is C17H19NO3. The first kappa shape index (κ1) is 15.1. The van der Waals surface area contributed by atoms with Crippen LogP contribution in [0.2, 0.25) is 0 Å². The van der Waals surface area contributed by atoms with Crippen molar-refractivity contribution in [3.8, 4) is 5.75 Å². The van der Waals surface area contributed by atoms with E-state index in [2.05, 4.69) is 4.90 Å². The average Bonchev–Trinajstić information content (AvgIpc) is 2.49. The van der Waals surface area contributed by atoms with E-state index in [1.54, 1.807) is 12.1 Å². The maximum absolute atomic E-state index is 10.9. The summed E-state index contributed by atoms with van der Waals surface area (Å²) >= 11 is 0. The van der Waals surface area contributed by atoms with E-state index in [0.717, 1.165) is 11.3 Å². The molecule has 4 heteroatoms. The van der Waals surface area contributed by atoms with Gasteiger partial charge in [-0.1, -0.05) is 30.3 Å². The monoisotopic (exact) mass is 285 g/mol. The standard InChI is InChI=1S/C17H19NO3/c1-14(20)21-17-9-7-15(8-10-17)13-18(11-12-19)16-5-3-2-4-6-16/h2-10,19H,11-13H2,1H3. The Hall–Kier alpha value is -2.33. The van der Waals surface area contributed by atoms with Crippen LogP contribution in [-0.4, -0.2) is 24.2 Å². The second kappa shape index (κ2) is 7.45. The van der Waals surface area contributed by atoms with Crippen LogP contribution in [0.3, 0.4) is 0 Å². The molecule has 0 saturated heterocycles. The van der Waals surface area contributed by atoms with Gasteiger partial charge in [0, 0.05) is 25.7 Å². The molecule has 2 aromatic rings. The van der Waals surface area contributed by atoms with E-state index >= 15 is 0 Å². The molecule has 0 heterocycles. The Morgan fingerprint density at radius 2 is 1.76 bits per heavy atom. The van der Waals surface area contributed by atoms with Crippen LogP contribution < -0.4 is 9.64 Å². The fourth-order valence-electron chi connectivity index (χ4n) is 2.11. The van der Waals surface area contributed by atoms with Gasteiger partial charge in [-0.3, -0.25) is 4.79 Å². The van der Waals surface area contributed by atoms with Crippen LogP contribution in [-0.2, 0) is 11.3 Å². The first-order valence-electron chi connectivity index (χ1n) is 6.87. The predicted molar refractivity (Wildman–Crippen MR) is 82.3 cm³/mol. The highest BCUT2D eigenvalue weighted by Gasteiger charge is 2.07. The number of anilines is 1. The molecule has 4 nitrogen and oxygen atoms in total. The van der Waals surface area contributed by atoms with Crippen molar-refractivity contribution in [3.05, 3.63) is 60.2 Å². The lowest BCUT2D eigenvalue weighted by Gasteiger charge is -2.24. The highest BCUT2D eigenvalue weighted by molar-refractivity contribution is 5.69. The first-order valence-corrected chi connectivity index (χ1v) is 6.87. The van der Waals surface area contributed by atoms with Crippen molar-refractivity contribution >= 4 is 11.7 Å². The fraction of sp³-hybridized carbons (Fsp3) is 0.235. The summed E-state index contributed by atoms with van der Waals surface area (Å²) in [4.78, 5) is 13.0. The van der Waals surface area contributed by atoms with Crippen molar-refractivity contribution < 1.29 is 14.6 Å². The van der Waals surface area contributed by atoms with E-state index < -0.39 is 0 Å². The number of hydrogen-bond donors (Lipinski definition) is 1. The molecule has 0 aromatic heterocycles. The summed E-state index contributed by atoms with van der Waals surface area (Å²) < 4.78 is 5.01. The van der Waals surface area contributed by atoms with E-state index in [0.29, 0.717) is 18.8 Å². The molecule has 0 aliphatic carbocycles. The first-order chi connectivity index (χ1) is 10.2. The molecule has 0 aliphatic heterocycles. The molecule has 21 heavy (non-hydrogen) atoms. The molecule has 0 atom stereocenters. The number of hydrogen-bond acceptors (Lipinski definition) is 4. The fourth-order valence-corrected chi connectivity index (χ4v) is 2.11. The number of rotatable bonds is 6. The van der Waals surface area contributed by atoms with Gasteiger partial charge in [0.15, 0.2) is 0 Å². The summed E-state index contributed by atoms with van der Waals surface area (Å²) in [6.45, 7) is 2.73. The number of nitrogens with zero attached hydrogens (tertiary/aromatic N) is 1. The minimum atomic E-state index is -0.325. The Morgan fingerprint density at radius 1 is 1.10 bits per heavy atom. The molecular weight excluding hydrogens is 266 g/mol. The average molecular weight is 285 g/mol. The van der Waals surface area contributed by atoms with Crippen LogP contribution >= 0.6 is 0 Å². The van der Waals surface area contributed by atoms with Crippen molar-refractivity contribution in [3.63, 3.8) is 0 Å². The molecule has 0 amide bonds. The van der Waals surface area contributed by atoms with Gasteiger partial charge in [-0.25, -0.2) is 0 Å². The molecule has 2 rings (SSSR count). The summed E-state index contributed by atoms with van der Waals surface area (Å²) in [6, 6.07) is 17.3. The molecule has 0 saturated carbocycles. The third-order valence-electron chi connectivity index (χ3n) is 3.05. The van der Waals surface area contributed by atoms with Crippen LogP contribution in [0.1, 0.15) is 12.5 Å². The Balaban J connectivity index is 2.08. The molecule has 0 spiro atoms. The van der Waals surface area contributed by atoms with Crippen molar-refractivity contribution in [1.29, 1.82) is 0 Å². The predicted octanol–water partition coefficient (Wildman–Crippen LogP) is 2.61. The van der Waals surface area contributed by atoms with Crippen LogP contribution in [0.15, 0.2) is 54.6 Å². The number of aliphatic hydroxyl groups excluding tert-OH is 1. The third kappa shape index (κ3) is 4.61. The van der Waals surface area contributed by atoms with Gasteiger partial charge in [-0.2, -0.15) is 0 Å². The van der Waals surface area contributed by atoms with Crippen molar-refractivity contribution in [1.82, 2.24) is 0 Å². The second-order valence-electron chi connectivity index (χ2n) is 4.72. The Labute approximate surface area is 124 Å². The molecule has 1 N–H and O–H groups in total. The molecule has 0 radical (unpaired) electrons. The summed E-state index contributed by atoms with van der Waals surface area (Å²) in [5, 5.41) is 9.22. The van der Waals surface area contributed by atoms with Crippen molar-refractivity contribution in [2.45, 2.75) is 13.5 Å². The minimum Gasteiger partial charge on any atom is -0.427 e. The van der Waals surface area contributed by atoms with Gasteiger partial charge < -0.3 is 14.7 Å². The highest BCUT2D eigenvalue weighted by Crippen LogP contribution is 2.18. The van der Waals surface area contributed by atoms with Crippen molar-refractivity contribution in [2.75, 3.05) is 18.1 Å². The van der Waals surface area contributed by atoms with Crippen LogP contribution in [0.25, 0.3) is 0 Å². The zero-order valence-corrected chi connectivity index (χ0v) is 12.0. The lowest BCUT2D eigenvalue weighted by molar-refractivity contribution is -0.131. The zero-order valence-electron chi connectivity index (χ0n) is 12.0. The largest absolute Gasteiger partial charge is 0.427 e. The third-order valence-corrected chi connectivity index (χ3v) is 3.05. The van der Waals surface area contributed by atoms with Crippen LogP contribution in [0, 0.1) is 0 Å². The van der Waals surface area contributed by atoms with Gasteiger partial charge in [-0.15, -0.1) is 0 Å². The smallest absolute Gasteiger partial charge is 0.308 e. The van der Waals surface area contributed by atoms with E-state index in [4.69, 9.17) is 4.74 Å². The highest BCUT2D eigenvalue weighted by atomic mass is 16.5. The Morgan fingerprint density at radius 3 is 2.33 bits per heavy atom. The number of aliphatic hydroxyl groups is 1. The molecule has 0 fully saturated rings. The van der Waals surface area contributed by atoms with Gasteiger partial charge >= 0.3 is 5.97 Å². The van der Waals surface area contributed by atoms with E-state index in [1.807, 2.05) is 42.5 Å². The van der Waals surface area contributed by atoms with Crippen molar-refractivity contribution in [2.24, 2.45) is 0 Å². The van der Waals surface area contributed by atoms with Crippen LogP contribution in [0.4, 0.5) is 5.69 Å². The Bertz CT molecular complexity index is 566. The lowest BCUT2D eigenvalue weighted by atomic mass is 10.2. The number of carbonyl (C=O) groups is 1. The number of esters is 1. The molecule has 0 aliphatic rings. The number of ether oxygens (including phenoxy) is 1. The van der Waals surface area contributed by atoms with E-state index in [-0.39, 0.29) is 12.6 Å². The van der Waals surface area contributed by atoms with Gasteiger partial charge in [0.1, 0.15) is 5.75 Å². The zero-order chi connectivity index (χ0) is 15.1. The Kier molecular flexibility index (Phi) is 5.35. The summed E-state index contributed by atoms with van der Waals surface area (Å²) in [5.41, 5.74) is 2.15. The van der Waals surface area contributed by atoms with E-state index in [9.17, 15) is 9.90 Å². The van der Waals surface area contributed by atoms with Gasteiger partial charge in [0.05, 0.1) is 6.61 Å².